The summed E-state index contributed by atoms with van der Waals surface area (Å²) in [5, 5.41) is 3.17. The molecule has 0 amide bonds. The van der Waals surface area contributed by atoms with E-state index in [1.165, 1.54) is 29.5 Å². The van der Waals surface area contributed by atoms with Crippen LogP contribution in [0.4, 0.5) is 5.82 Å². The normalized spacial score (nSPS) is 14.3. The summed E-state index contributed by atoms with van der Waals surface area (Å²) in [5.41, 5.74) is 5.02. The first-order chi connectivity index (χ1) is 10.1. The van der Waals surface area contributed by atoms with Crippen LogP contribution in [0.5, 0.6) is 0 Å². The number of hydrogen-bond acceptors (Lipinski definition) is 3. The maximum atomic E-state index is 4.80. The fourth-order valence-electron chi connectivity index (χ4n) is 2.74. The SMILES string of the molecule is CNc1nc(Cc2cc(C)cc(C)c2)nc(C2CC2)c1Br. The molecule has 1 heterocycles. The molecule has 0 atom stereocenters. The summed E-state index contributed by atoms with van der Waals surface area (Å²) in [4.78, 5) is 9.45. The summed E-state index contributed by atoms with van der Waals surface area (Å²) >= 11 is 3.64. The quantitative estimate of drug-likeness (QED) is 0.894. The molecule has 0 radical (unpaired) electrons. The average molecular weight is 346 g/mol. The number of anilines is 1. The molecule has 4 heteroatoms. The Morgan fingerprint density at radius 1 is 1.14 bits per heavy atom. The number of rotatable bonds is 4. The van der Waals surface area contributed by atoms with Crippen LogP contribution in [0.3, 0.4) is 0 Å². The molecule has 0 saturated heterocycles. The van der Waals surface area contributed by atoms with Crippen molar-refractivity contribution in [2.75, 3.05) is 12.4 Å². The van der Waals surface area contributed by atoms with Gasteiger partial charge in [-0.1, -0.05) is 29.3 Å². The number of hydrogen-bond donors (Lipinski definition) is 1. The second-order valence-electron chi connectivity index (χ2n) is 5.88. The van der Waals surface area contributed by atoms with Gasteiger partial charge >= 0.3 is 0 Å². The van der Waals surface area contributed by atoms with Crippen molar-refractivity contribution in [1.82, 2.24) is 9.97 Å². The minimum absolute atomic E-state index is 0.604. The van der Waals surface area contributed by atoms with Gasteiger partial charge in [0.05, 0.1) is 10.2 Å². The number of halogens is 1. The van der Waals surface area contributed by atoms with Crippen molar-refractivity contribution in [3.05, 3.63) is 50.9 Å². The van der Waals surface area contributed by atoms with Gasteiger partial charge in [0.25, 0.3) is 0 Å². The van der Waals surface area contributed by atoms with Crippen molar-refractivity contribution < 1.29 is 0 Å². The predicted octanol–water partition coefficient (Wildman–Crippen LogP) is 4.37. The van der Waals surface area contributed by atoms with Crippen molar-refractivity contribution in [2.24, 2.45) is 0 Å². The highest BCUT2D eigenvalue weighted by molar-refractivity contribution is 9.10. The van der Waals surface area contributed by atoms with Crippen LogP contribution >= 0.6 is 15.9 Å². The summed E-state index contributed by atoms with van der Waals surface area (Å²) in [6.45, 7) is 4.27. The number of aromatic nitrogens is 2. The molecule has 1 aliphatic rings. The van der Waals surface area contributed by atoms with Crippen molar-refractivity contribution in [1.29, 1.82) is 0 Å². The van der Waals surface area contributed by atoms with E-state index in [1.54, 1.807) is 0 Å². The molecule has 1 fully saturated rings. The molecule has 0 bridgehead atoms. The lowest BCUT2D eigenvalue weighted by Gasteiger charge is -2.11. The Morgan fingerprint density at radius 2 is 1.81 bits per heavy atom. The van der Waals surface area contributed by atoms with Crippen molar-refractivity contribution >= 4 is 21.7 Å². The third kappa shape index (κ3) is 3.26. The van der Waals surface area contributed by atoms with E-state index in [9.17, 15) is 0 Å². The highest BCUT2D eigenvalue weighted by Crippen LogP contribution is 2.43. The van der Waals surface area contributed by atoms with E-state index in [2.05, 4.69) is 58.3 Å². The molecule has 0 unspecified atom stereocenters. The van der Waals surface area contributed by atoms with Gasteiger partial charge in [-0.15, -0.1) is 0 Å². The van der Waals surface area contributed by atoms with Gasteiger partial charge in [-0.05, 0) is 48.2 Å². The summed E-state index contributed by atoms with van der Waals surface area (Å²) in [6, 6.07) is 6.63. The van der Waals surface area contributed by atoms with E-state index in [1.807, 2.05) is 7.05 Å². The number of benzene rings is 1. The number of nitrogens with zero attached hydrogens (tertiary/aromatic N) is 2. The number of nitrogens with one attached hydrogen (secondary N) is 1. The van der Waals surface area contributed by atoms with Crippen molar-refractivity contribution in [3.8, 4) is 0 Å². The van der Waals surface area contributed by atoms with Gasteiger partial charge in [0.2, 0.25) is 0 Å². The van der Waals surface area contributed by atoms with Gasteiger partial charge in [-0.2, -0.15) is 0 Å². The van der Waals surface area contributed by atoms with Gasteiger partial charge in [0.1, 0.15) is 11.6 Å². The molecule has 3 nitrogen and oxygen atoms in total. The summed E-state index contributed by atoms with van der Waals surface area (Å²) in [5.74, 6) is 2.40. The van der Waals surface area contributed by atoms with Crippen LogP contribution in [0.2, 0.25) is 0 Å². The summed E-state index contributed by atoms with van der Waals surface area (Å²) in [7, 11) is 1.91. The molecule has 1 saturated carbocycles. The van der Waals surface area contributed by atoms with E-state index < -0.39 is 0 Å². The molecule has 1 aromatic heterocycles. The third-order valence-electron chi connectivity index (χ3n) is 3.77. The zero-order valence-electron chi connectivity index (χ0n) is 12.7. The van der Waals surface area contributed by atoms with Gasteiger partial charge < -0.3 is 5.32 Å². The second kappa shape index (κ2) is 5.76. The van der Waals surface area contributed by atoms with Crippen molar-refractivity contribution in [2.45, 2.75) is 39.0 Å². The lowest BCUT2D eigenvalue weighted by molar-refractivity contribution is 0.891. The smallest absolute Gasteiger partial charge is 0.144 e. The summed E-state index contributed by atoms with van der Waals surface area (Å²) in [6.07, 6.45) is 3.26. The largest absolute Gasteiger partial charge is 0.372 e. The fourth-order valence-corrected chi connectivity index (χ4v) is 3.44. The molecule has 110 valence electrons. The van der Waals surface area contributed by atoms with Crippen LogP contribution in [0.1, 0.15) is 47.0 Å². The molecule has 0 aliphatic heterocycles. The van der Waals surface area contributed by atoms with E-state index in [0.29, 0.717) is 5.92 Å². The molecule has 1 aromatic carbocycles. The second-order valence-corrected chi connectivity index (χ2v) is 6.68. The van der Waals surface area contributed by atoms with Crippen LogP contribution in [0, 0.1) is 13.8 Å². The van der Waals surface area contributed by atoms with Crippen LogP contribution in [0.15, 0.2) is 22.7 Å². The van der Waals surface area contributed by atoms with E-state index >= 15 is 0 Å². The van der Waals surface area contributed by atoms with Crippen LogP contribution in [0.25, 0.3) is 0 Å². The van der Waals surface area contributed by atoms with E-state index in [4.69, 9.17) is 4.98 Å². The lowest BCUT2D eigenvalue weighted by atomic mass is 10.0. The highest BCUT2D eigenvalue weighted by Gasteiger charge is 2.29. The van der Waals surface area contributed by atoms with Gasteiger partial charge in [-0.3, -0.25) is 0 Å². The van der Waals surface area contributed by atoms with E-state index in [0.717, 1.165) is 28.2 Å². The molecule has 21 heavy (non-hydrogen) atoms. The number of aryl methyl sites for hydroxylation is 2. The Balaban J connectivity index is 1.96. The lowest BCUT2D eigenvalue weighted by Crippen LogP contribution is -2.06. The van der Waals surface area contributed by atoms with Gasteiger partial charge in [0, 0.05) is 19.4 Å². The molecule has 2 aromatic rings. The predicted molar refractivity (Wildman–Crippen MR) is 90.0 cm³/mol. The molecule has 0 spiro atoms. The van der Waals surface area contributed by atoms with Crippen molar-refractivity contribution in [3.63, 3.8) is 0 Å². The topological polar surface area (TPSA) is 37.8 Å². The molecule has 1 aliphatic carbocycles. The minimum atomic E-state index is 0.604. The standard InChI is InChI=1S/C17H20BrN3/c1-10-6-11(2)8-12(7-10)9-14-20-16(13-4-5-13)15(18)17(19-3)21-14/h6-8,13H,4-5,9H2,1-3H3,(H,19,20,21). The Kier molecular flexibility index (Phi) is 3.98. The summed E-state index contributed by atoms with van der Waals surface area (Å²) < 4.78 is 1.02. The molecule has 3 rings (SSSR count). The van der Waals surface area contributed by atoms with Crippen LogP contribution < -0.4 is 5.32 Å². The Bertz CT molecular complexity index is 658. The molecular formula is C17H20BrN3. The first kappa shape index (κ1) is 14.5. The third-order valence-corrected chi connectivity index (χ3v) is 4.55. The highest BCUT2D eigenvalue weighted by atomic mass is 79.9. The Morgan fingerprint density at radius 3 is 2.38 bits per heavy atom. The maximum Gasteiger partial charge on any atom is 0.144 e. The zero-order valence-corrected chi connectivity index (χ0v) is 14.3. The maximum absolute atomic E-state index is 4.80. The van der Waals surface area contributed by atoms with Gasteiger partial charge in [0.15, 0.2) is 0 Å². The minimum Gasteiger partial charge on any atom is -0.372 e. The Hall–Kier alpha value is -1.42. The van der Waals surface area contributed by atoms with Crippen LogP contribution in [-0.2, 0) is 6.42 Å². The molecule has 1 N–H and O–H groups in total. The monoisotopic (exact) mass is 345 g/mol. The molecular weight excluding hydrogens is 326 g/mol. The fraction of sp³-hybridized carbons (Fsp3) is 0.412. The Labute approximate surface area is 134 Å². The first-order valence-electron chi connectivity index (χ1n) is 7.38. The average Bonchev–Trinajstić information content (AvgIpc) is 3.23. The first-order valence-corrected chi connectivity index (χ1v) is 8.17. The van der Waals surface area contributed by atoms with E-state index in [-0.39, 0.29) is 0 Å². The zero-order chi connectivity index (χ0) is 15.0. The van der Waals surface area contributed by atoms with Gasteiger partial charge in [-0.25, -0.2) is 9.97 Å². The van der Waals surface area contributed by atoms with Crippen LogP contribution in [-0.4, -0.2) is 17.0 Å².